The average molecular weight is 397 g/mol. The van der Waals surface area contributed by atoms with E-state index in [1.54, 1.807) is 30.3 Å². The minimum atomic E-state index is -1.46. The van der Waals surface area contributed by atoms with Crippen LogP contribution in [0.5, 0.6) is 17.2 Å². The van der Waals surface area contributed by atoms with Crippen molar-refractivity contribution in [2.45, 2.75) is 0 Å². The lowest BCUT2D eigenvalue weighted by molar-refractivity contribution is -0.303. The fourth-order valence-electron chi connectivity index (χ4n) is 2.51. The molecule has 0 aliphatic carbocycles. The summed E-state index contributed by atoms with van der Waals surface area (Å²) < 4.78 is 15.6. The van der Waals surface area contributed by atoms with E-state index in [-0.39, 0.29) is 18.1 Å². The van der Waals surface area contributed by atoms with Crippen molar-refractivity contribution in [3.63, 3.8) is 0 Å². The van der Waals surface area contributed by atoms with Gasteiger partial charge < -0.3 is 34.7 Å². The number of ether oxygens (including phenoxy) is 3. The van der Waals surface area contributed by atoms with Crippen molar-refractivity contribution < 1.29 is 33.7 Å². The van der Waals surface area contributed by atoms with E-state index in [1.165, 1.54) is 25.3 Å². The number of carbonyl (C=O) groups excluding carboxylic acids is 3. The van der Waals surface area contributed by atoms with Crippen LogP contribution in [-0.4, -0.2) is 38.2 Å². The molecule has 3 rings (SSSR count). The molecule has 2 aromatic carbocycles. The zero-order chi connectivity index (χ0) is 20.8. The minimum absolute atomic E-state index is 0.0929. The first kappa shape index (κ1) is 19.7. The Morgan fingerprint density at radius 3 is 2.52 bits per heavy atom. The third-order valence-corrected chi connectivity index (χ3v) is 3.95. The van der Waals surface area contributed by atoms with Crippen LogP contribution < -0.4 is 30.0 Å². The van der Waals surface area contributed by atoms with Crippen LogP contribution in [-0.2, 0) is 9.59 Å². The van der Waals surface area contributed by atoms with E-state index in [1.807, 2.05) is 0 Å². The standard InChI is InChI=1S/C20H18N2O7/c1-27-14-5-3-13(4-6-14)19(25)22-15(20(26)21-10-18(23)24)8-12-2-7-16-17(9-12)29-11-28-16/h2-9H,10-11H2,1H3,(H,21,26)(H,22,25)(H,23,24)/p-1/b15-8-. The van der Waals surface area contributed by atoms with Crippen molar-refractivity contribution in [2.24, 2.45) is 0 Å². The Balaban J connectivity index is 1.84. The van der Waals surface area contributed by atoms with Gasteiger partial charge in [-0.3, -0.25) is 9.59 Å². The van der Waals surface area contributed by atoms with E-state index in [0.29, 0.717) is 22.8 Å². The van der Waals surface area contributed by atoms with Crippen molar-refractivity contribution in [1.29, 1.82) is 0 Å². The summed E-state index contributed by atoms with van der Waals surface area (Å²) in [5, 5.41) is 15.3. The van der Waals surface area contributed by atoms with Crippen molar-refractivity contribution in [3.05, 3.63) is 59.3 Å². The lowest BCUT2D eigenvalue weighted by Gasteiger charge is -2.12. The molecule has 9 nitrogen and oxygen atoms in total. The normalized spacial score (nSPS) is 12.2. The summed E-state index contributed by atoms with van der Waals surface area (Å²) in [6.07, 6.45) is 1.40. The van der Waals surface area contributed by atoms with E-state index in [2.05, 4.69) is 10.6 Å². The van der Waals surface area contributed by atoms with E-state index < -0.39 is 24.3 Å². The molecule has 0 unspecified atom stereocenters. The van der Waals surface area contributed by atoms with Gasteiger partial charge in [0.25, 0.3) is 11.8 Å². The summed E-state index contributed by atoms with van der Waals surface area (Å²) in [5.41, 5.74) is 0.684. The number of carboxylic acids is 1. The number of benzene rings is 2. The van der Waals surface area contributed by atoms with Gasteiger partial charge in [-0.05, 0) is 48.0 Å². The lowest BCUT2D eigenvalue weighted by Crippen LogP contribution is -2.41. The molecule has 0 spiro atoms. The van der Waals surface area contributed by atoms with Crippen molar-refractivity contribution in [3.8, 4) is 17.2 Å². The Kier molecular flexibility index (Phi) is 5.98. The van der Waals surface area contributed by atoms with Gasteiger partial charge >= 0.3 is 0 Å². The number of rotatable bonds is 7. The molecule has 9 heteroatoms. The summed E-state index contributed by atoms with van der Waals surface area (Å²) in [4.78, 5) is 35.6. The van der Waals surface area contributed by atoms with Gasteiger partial charge in [0.15, 0.2) is 11.5 Å². The highest BCUT2D eigenvalue weighted by Crippen LogP contribution is 2.33. The second-order valence-corrected chi connectivity index (χ2v) is 5.91. The highest BCUT2D eigenvalue weighted by Gasteiger charge is 2.17. The predicted molar refractivity (Wildman–Crippen MR) is 99.0 cm³/mol. The number of hydrogen-bond donors (Lipinski definition) is 2. The van der Waals surface area contributed by atoms with Crippen molar-refractivity contribution >= 4 is 23.9 Å². The number of aliphatic carboxylic acids is 1. The second kappa shape index (κ2) is 8.79. The number of carbonyl (C=O) groups is 3. The third kappa shape index (κ3) is 5.04. The van der Waals surface area contributed by atoms with Crippen LogP contribution in [0.1, 0.15) is 15.9 Å². The topological polar surface area (TPSA) is 126 Å². The molecule has 1 aliphatic rings. The first-order chi connectivity index (χ1) is 14.0. The predicted octanol–water partition coefficient (Wildman–Crippen LogP) is 0.0609. The Morgan fingerprint density at radius 1 is 1.10 bits per heavy atom. The molecule has 150 valence electrons. The largest absolute Gasteiger partial charge is 0.548 e. The minimum Gasteiger partial charge on any atom is -0.548 e. The van der Waals surface area contributed by atoms with Crippen molar-refractivity contribution in [2.75, 3.05) is 20.4 Å². The molecule has 2 N–H and O–H groups in total. The molecule has 0 atom stereocenters. The third-order valence-electron chi connectivity index (χ3n) is 3.95. The van der Waals surface area contributed by atoms with Crippen molar-refractivity contribution in [1.82, 2.24) is 10.6 Å². The molecule has 2 aromatic rings. The highest BCUT2D eigenvalue weighted by atomic mass is 16.7. The van der Waals surface area contributed by atoms with Gasteiger partial charge in [-0.1, -0.05) is 6.07 Å². The summed E-state index contributed by atoms with van der Waals surface area (Å²) in [6.45, 7) is -0.606. The van der Waals surface area contributed by atoms with Crippen LogP contribution in [0, 0.1) is 0 Å². The molecule has 0 bridgehead atoms. The number of fused-ring (bicyclic) bond motifs is 1. The van der Waals surface area contributed by atoms with Gasteiger partial charge in [0, 0.05) is 5.56 Å². The second-order valence-electron chi connectivity index (χ2n) is 5.91. The SMILES string of the molecule is COc1ccc(C(=O)N/C(=C\c2ccc3c(c2)OCO3)C(=O)NCC(=O)[O-])cc1. The van der Waals surface area contributed by atoms with Crippen LogP contribution in [0.2, 0.25) is 0 Å². The molecule has 1 heterocycles. The number of carboxylic acid groups (broad SMARTS) is 1. The number of nitrogens with one attached hydrogen (secondary N) is 2. The highest BCUT2D eigenvalue weighted by molar-refractivity contribution is 6.05. The Hall–Kier alpha value is -4.01. The summed E-state index contributed by atoms with van der Waals surface area (Å²) >= 11 is 0. The van der Waals surface area contributed by atoms with Crippen LogP contribution in [0.15, 0.2) is 48.2 Å². The zero-order valence-electron chi connectivity index (χ0n) is 15.4. The molecule has 0 aromatic heterocycles. The van der Waals surface area contributed by atoms with E-state index >= 15 is 0 Å². The fourth-order valence-corrected chi connectivity index (χ4v) is 2.51. The maximum absolute atomic E-state index is 12.5. The first-order valence-electron chi connectivity index (χ1n) is 8.51. The van der Waals surface area contributed by atoms with Gasteiger partial charge in [-0.25, -0.2) is 0 Å². The monoisotopic (exact) mass is 397 g/mol. The van der Waals surface area contributed by atoms with E-state index in [4.69, 9.17) is 14.2 Å². The summed E-state index contributed by atoms with van der Waals surface area (Å²) in [7, 11) is 1.50. The summed E-state index contributed by atoms with van der Waals surface area (Å²) in [5.74, 6) is -1.16. The van der Waals surface area contributed by atoms with Gasteiger partial charge in [-0.2, -0.15) is 0 Å². The molecule has 0 fully saturated rings. The van der Waals surface area contributed by atoms with E-state index in [9.17, 15) is 19.5 Å². The van der Waals surface area contributed by atoms with Crippen LogP contribution in [0.25, 0.3) is 6.08 Å². The molecule has 2 amide bonds. The quantitative estimate of drug-likeness (QED) is 0.633. The number of amides is 2. The smallest absolute Gasteiger partial charge is 0.268 e. The van der Waals surface area contributed by atoms with Crippen LogP contribution in [0.4, 0.5) is 0 Å². The van der Waals surface area contributed by atoms with Crippen LogP contribution in [0.3, 0.4) is 0 Å². The maximum atomic E-state index is 12.5. The van der Waals surface area contributed by atoms with Crippen LogP contribution >= 0.6 is 0 Å². The fraction of sp³-hybridized carbons (Fsp3) is 0.150. The molecular weight excluding hydrogens is 380 g/mol. The molecular formula is C20H17N2O7-. The van der Waals surface area contributed by atoms with Gasteiger partial charge in [-0.15, -0.1) is 0 Å². The Bertz CT molecular complexity index is 967. The molecule has 29 heavy (non-hydrogen) atoms. The zero-order valence-corrected chi connectivity index (χ0v) is 15.4. The Labute approximate surface area is 165 Å². The molecule has 0 radical (unpaired) electrons. The van der Waals surface area contributed by atoms with Gasteiger partial charge in [0.05, 0.1) is 19.6 Å². The summed E-state index contributed by atoms with van der Waals surface area (Å²) in [6, 6.07) is 11.2. The number of methoxy groups -OCH3 is 1. The Morgan fingerprint density at radius 2 is 1.83 bits per heavy atom. The molecule has 1 aliphatic heterocycles. The lowest BCUT2D eigenvalue weighted by atomic mass is 10.1. The molecule has 0 saturated heterocycles. The maximum Gasteiger partial charge on any atom is 0.268 e. The molecule has 0 saturated carbocycles. The van der Waals surface area contributed by atoms with Gasteiger partial charge in [0.1, 0.15) is 11.4 Å². The number of hydrogen-bond acceptors (Lipinski definition) is 7. The first-order valence-corrected chi connectivity index (χ1v) is 8.51. The van der Waals surface area contributed by atoms with E-state index in [0.717, 1.165) is 0 Å². The van der Waals surface area contributed by atoms with Gasteiger partial charge in [0.2, 0.25) is 6.79 Å². The average Bonchev–Trinajstić information content (AvgIpc) is 3.19.